The van der Waals surface area contributed by atoms with Crippen LogP contribution in [0.1, 0.15) is 59.9 Å². The van der Waals surface area contributed by atoms with Crippen LogP contribution in [0, 0.1) is 6.92 Å². The predicted molar refractivity (Wildman–Crippen MR) is 98.6 cm³/mol. The van der Waals surface area contributed by atoms with E-state index in [0.717, 1.165) is 31.2 Å². The van der Waals surface area contributed by atoms with Crippen LogP contribution in [0.5, 0.6) is 0 Å². The summed E-state index contributed by atoms with van der Waals surface area (Å²) in [5.74, 6) is 0.140. The van der Waals surface area contributed by atoms with Crippen molar-refractivity contribution in [2.24, 2.45) is 5.73 Å². The Labute approximate surface area is 150 Å². The first kappa shape index (κ1) is 16.5. The Morgan fingerprint density at radius 2 is 2.00 bits per heavy atom. The van der Waals surface area contributed by atoms with Crippen LogP contribution in [-0.2, 0) is 0 Å². The predicted octanol–water partition coefficient (Wildman–Crippen LogP) is 2.56. The number of H-pyrrole nitrogens is 1. The van der Waals surface area contributed by atoms with E-state index in [9.17, 15) is 9.59 Å². The number of fused-ring (bicyclic) bond motifs is 1. The van der Waals surface area contributed by atoms with Gasteiger partial charge < -0.3 is 10.7 Å². The summed E-state index contributed by atoms with van der Waals surface area (Å²) in [6.45, 7) is 1.96. The number of imidazole rings is 1. The van der Waals surface area contributed by atoms with E-state index in [1.807, 2.05) is 31.2 Å². The van der Waals surface area contributed by atoms with E-state index in [1.54, 1.807) is 0 Å². The average molecular weight is 351 g/mol. The number of aryl methyl sites for hydroxylation is 1. The lowest BCUT2D eigenvalue weighted by Crippen LogP contribution is -2.18. The molecule has 0 aliphatic heterocycles. The van der Waals surface area contributed by atoms with Crippen molar-refractivity contribution in [3.63, 3.8) is 0 Å². The lowest BCUT2D eigenvalue weighted by Gasteiger charge is -2.20. The van der Waals surface area contributed by atoms with Crippen molar-refractivity contribution < 1.29 is 4.79 Å². The molecule has 1 amide bonds. The number of benzene rings is 1. The van der Waals surface area contributed by atoms with Crippen molar-refractivity contribution in [3.05, 3.63) is 51.8 Å². The Bertz CT molecular complexity index is 1040. The molecule has 1 aliphatic carbocycles. The van der Waals surface area contributed by atoms with Gasteiger partial charge >= 0.3 is 5.69 Å². The molecule has 0 spiro atoms. The maximum Gasteiger partial charge on any atom is 0.332 e. The topological polar surface area (TPSA) is 107 Å². The summed E-state index contributed by atoms with van der Waals surface area (Å²) in [6, 6.07) is 7.59. The van der Waals surface area contributed by atoms with Gasteiger partial charge in [0, 0.05) is 5.92 Å². The monoisotopic (exact) mass is 351 g/mol. The second kappa shape index (κ2) is 6.40. The molecule has 0 saturated heterocycles. The van der Waals surface area contributed by atoms with E-state index in [2.05, 4.69) is 15.0 Å². The van der Waals surface area contributed by atoms with Gasteiger partial charge in [-0.15, -0.1) is 0 Å². The Balaban J connectivity index is 1.98. The van der Waals surface area contributed by atoms with Crippen LogP contribution in [0.3, 0.4) is 0 Å². The minimum Gasteiger partial charge on any atom is -0.364 e. The van der Waals surface area contributed by atoms with E-state index in [4.69, 9.17) is 5.73 Å². The number of nitrogens with two attached hydrogens (primary N) is 1. The number of carbonyl (C=O) groups is 1. The highest BCUT2D eigenvalue weighted by Gasteiger charge is 2.24. The quantitative estimate of drug-likeness (QED) is 0.756. The van der Waals surface area contributed by atoms with Crippen molar-refractivity contribution in [2.45, 2.75) is 44.9 Å². The maximum atomic E-state index is 12.6. The van der Waals surface area contributed by atoms with Crippen LogP contribution in [0.4, 0.5) is 0 Å². The van der Waals surface area contributed by atoms with E-state index in [1.165, 1.54) is 11.0 Å². The van der Waals surface area contributed by atoms with Gasteiger partial charge in [0.15, 0.2) is 11.3 Å². The van der Waals surface area contributed by atoms with Crippen LogP contribution in [0.25, 0.3) is 16.9 Å². The van der Waals surface area contributed by atoms with Gasteiger partial charge in [-0.2, -0.15) is 0 Å². The number of primary amides is 1. The van der Waals surface area contributed by atoms with Crippen LogP contribution in [0.15, 0.2) is 29.1 Å². The minimum absolute atomic E-state index is 0.0825. The van der Waals surface area contributed by atoms with Crippen molar-refractivity contribution >= 4 is 17.1 Å². The van der Waals surface area contributed by atoms with E-state index in [0.29, 0.717) is 22.7 Å². The molecule has 3 N–H and O–H groups in total. The number of hydrogen-bond acceptors (Lipinski definition) is 4. The maximum absolute atomic E-state index is 12.6. The summed E-state index contributed by atoms with van der Waals surface area (Å²) >= 11 is 0. The highest BCUT2D eigenvalue weighted by atomic mass is 16.2. The van der Waals surface area contributed by atoms with Crippen LogP contribution >= 0.6 is 0 Å². The molecule has 2 heterocycles. The molecule has 2 aromatic heterocycles. The Morgan fingerprint density at radius 1 is 1.23 bits per heavy atom. The fraction of sp³-hybridized carbons (Fsp3) is 0.368. The second-order valence-electron chi connectivity index (χ2n) is 6.93. The summed E-state index contributed by atoms with van der Waals surface area (Å²) < 4.78 is 1.49. The average Bonchev–Trinajstić information content (AvgIpc) is 2.97. The molecule has 134 valence electrons. The third kappa shape index (κ3) is 2.79. The third-order valence-electron chi connectivity index (χ3n) is 5.02. The number of hydrogen-bond donors (Lipinski definition) is 2. The minimum atomic E-state index is -0.660. The zero-order valence-electron chi connectivity index (χ0n) is 14.7. The molecule has 0 atom stereocenters. The van der Waals surface area contributed by atoms with Crippen molar-refractivity contribution in [1.29, 1.82) is 0 Å². The Morgan fingerprint density at radius 3 is 2.69 bits per heavy atom. The number of nitrogens with one attached hydrogen (secondary N) is 1. The molecule has 26 heavy (non-hydrogen) atoms. The number of aromatic amines is 1. The van der Waals surface area contributed by atoms with Gasteiger partial charge in [0.2, 0.25) is 0 Å². The van der Waals surface area contributed by atoms with Gasteiger partial charge in [-0.1, -0.05) is 31.4 Å². The van der Waals surface area contributed by atoms with Gasteiger partial charge in [-0.05, 0) is 37.5 Å². The summed E-state index contributed by atoms with van der Waals surface area (Å²) in [5.41, 5.74) is 7.69. The highest BCUT2D eigenvalue weighted by Crippen LogP contribution is 2.31. The van der Waals surface area contributed by atoms with Gasteiger partial charge in [0.05, 0.1) is 5.69 Å². The molecule has 1 aromatic carbocycles. The first-order valence-corrected chi connectivity index (χ1v) is 8.94. The molecule has 3 aromatic rings. The molecule has 1 saturated carbocycles. The Kier molecular flexibility index (Phi) is 4.06. The zero-order chi connectivity index (χ0) is 18.3. The fourth-order valence-electron chi connectivity index (χ4n) is 3.73. The molecular weight excluding hydrogens is 330 g/mol. The molecule has 7 heteroatoms. The largest absolute Gasteiger partial charge is 0.364 e. The summed E-state index contributed by atoms with van der Waals surface area (Å²) in [5, 5.41) is 0. The van der Waals surface area contributed by atoms with Gasteiger partial charge in [-0.3, -0.25) is 4.79 Å². The number of nitrogens with zero attached hydrogens (tertiary/aromatic N) is 3. The molecule has 1 aliphatic rings. The fourth-order valence-corrected chi connectivity index (χ4v) is 3.73. The van der Waals surface area contributed by atoms with E-state index in [-0.39, 0.29) is 17.3 Å². The SMILES string of the molecule is Cc1cccc(-n2c(=O)[nH]c3c(C(N)=O)nc(C4CCCCC4)nc32)c1. The smallest absolute Gasteiger partial charge is 0.332 e. The molecular formula is C19H21N5O2. The molecule has 0 bridgehead atoms. The molecule has 0 unspecified atom stereocenters. The lowest BCUT2D eigenvalue weighted by molar-refractivity contribution is 0.0996. The van der Waals surface area contributed by atoms with Crippen LogP contribution < -0.4 is 11.4 Å². The van der Waals surface area contributed by atoms with Crippen molar-refractivity contribution in [2.75, 3.05) is 0 Å². The first-order chi connectivity index (χ1) is 12.5. The van der Waals surface area contributed by atoms with Gasteiger partial charge in [-0.25, -0.2) is 19.3 Å². The zero-order valence-corrected chi connectivity index (χ0v) is 14.7. The van der Waals surface area contributed by atoms with Gasteiger partial charge in [0.25, 0.3) is 5.91 Å². The first-order valence-electron chi connectivity index (χ1n) is 8.94. The number of carbonyl (C=O) groups excluding carboxylic acids is 1. The third-order valence-corrected chi connectivity index (χ3v) is 5.02. The summed E-state index contributed by atoms with van der Waals surface area (Å²) in [7, 11) is 0. The highest BCUT2D eigenvalue weighted by molar-refractivity contribution is 6.01. The molecule has 4 rings (SSSR count). The standard InChI is InChI=1S/C19H21N5O2/c1-11-6-5-9-13(10-11)24-18-15(22-19(24)26)14(16(20)25)21-17(23-18)12-7-3-2-4-8-12/h5-6,9-10,12H,2-4,7-8H2,1H3,(H2,20,25)(H,22,26). The van der Waals surface area contributed by atoms with Crippen molar-refractivity contribution in [3.8, 4) is 5.69 Å². The van der Waals surface area contributed by atoms with Crippen LogP contribution in [0.2, 0.25) is 0 Å². The number of rotatable bonds is 3. The normalized spacial score (nSPS) is 15.4. The summed E-state index contributed by atoms with van der Waals surface area (Å²) in [4.78, 5) is 36.4. The molecule has 0 radical (unpaired) electrons. The Hall–Kier alpha value is -2.96. The van der Waals surface area contributed by atoms with Crippen LogP contribution in [-0.4, -0.2) is 25.4 Å². The number of amides is 1. The summed E-state index contributed by atoms with van der Waals surface area (Å²) in [6.07, 6.45) is 5.43. The molecule has 1 fully saturated rings. The van der Waals surface area contributed by atoms with E-state index >= 15 is 0 Å². The second-order valence-corrected chi connectivity index (χ2v) is 6.93. The molecule has 7 nitrogen and oxygen atoms in total. The van der Waals surface area contributed by atoms with E-state index < -0.39 is 5.91 Å². The van der Waals surface area contributed by atoms with Crippen molar-refractivity contribution in [1.82, 2.24) is 19.5 Å². The number of aromatic nitrogens is 4. The van der Waals surface area contributed by atoms with Gasteiger partial charge in [0.1, 0.15) is 11.3 Å². The lowest BCUT2D eigenvalue weighted by atomic mass is 9.88.